The molecule has 2 aromatic carbocycles. The minimum atomic E-state index is -1.15. The molecule has 4 aromatic rings. The number of carbonyl (C=O) groups is 2. The molecular weight excluding hydrogens is 460 g/mol. The van der Waals surface area contributed by atoms with Gasteiger partial charge in [-0.1, -0.05) is 23.9 Å². The highest BCUT2D eigenvalue weighted by Gasteiger charge is 2.22. The van der Waals surface area contributed by atoms with Crippen LogP contribution in [0, 0.1) is 0 Å². The zero-order chi connectivity index (χ0) is 23.1. The molecule has 4 heterocycles. The van der Waals surface area contributed by atoms with Gasteiger partial charge < -0.3 is 19.8 Å². The van der Waals surface area contributed by atoms with Crippen molar-refractivity contribution in [2.24, 2.45) is 0 Å². The predicted molar refractivity (Wildman–Crippen MR) is 128 cm³/mol. The molecule has 0 radical (unpaired) electrons. The standard InChI is InChI=1S/C11H11N3O2S.C11H11N3OS/c1-17(16)11-13-8-4-2-3-7-9(8)14(11)6-5-12-10(7)15;1-16-11-13-8-4-2-3-7-9(8)14(11)6-5-12-10(7)15/h2-4H,5-6H2,1H3,(H,12,15);2-4H,5-6H2,1H3,(H,12,15). The lowest BCUT2D eigenvalue weighted by atomic mass is 10.2. The second-order valence-corrected chi connectivity index (χ2v) is 9.66. The molecule has 2 N–H and O–H groups in total. The van der Waals surface area contributed by atoms with Crippen LogP contribution in [0.2, 0.25) is 0 Å². The number of amides is 2. The first-order valence-electron chi connectivity index (χ1n) is 10.4. The first-order valence-corrected chi connectivity index (χ1v) is 13.2. The summed E-state index contributed by atoms with van der Waals surface area (Å²) in [5, 5.41) is 7.21. The largest absolute Gasteiger partial charge is 0.350 e. The van der Waals surface area contributed by atoms with Gasteiger partial charge in [0.2, 0.25) is 0 Å². The fraction of sp³-hybridized carbons (Fsp3) is 0.273. The Morgan fingerprint density at radius 2 is 1.42 bits per heavy atom. The van der Waals surface area contributed by atoms with Crippen LogP contribution in [0.5, 0.6) is 0 Å². The van der Waals surface area contributed by atoms with Gasteiger partial charge >= 0.3 is 0 Å². The summed E-state index contributed by atoms with van der Waals surface area (Å²) in [5.74, 6) is -0.0976. The molecule has 0 saturated carbocycles. The van der Waals surface area contributed by atoms with Gasteiger partial charge in [-0.15, -0.1) is 0 Å². The number of hydrogen-bond donors (Lipinski definition) is 2. The lowest BCUT2D eigenvalue weighted by molar-refractivity contribution is 0.0948. The van der Waals surface area contributed by atoms with Gasteiger partial charge in [0.15, 0.2) is 10.3 Å². The Morgan fingerprint density at radius 1 is 0.879 bits per heavy atom. The molecule has 2 aliphatic rings. The average Bonchev–Trinajstić information content (AvgIpc) is 3.25. The van der Waals surface area contributed by atoms with Crippen molar-refractivity contribution in [1.82, 2.24) is 29.7 Å². The van der Waals surface area contributed by atoms with Crippen LogP contribution in [0.25, 0.3) is 22.1 Å². The number of nitrogens with zero attached hydrogens (tertiary/aromatic N) is 4. The number of para-hydroxylation sites is 2. The molecular formula is C22H22N6O3S2. The molecule has 2 amide bonds. The van der Waals surface area contributed by atoms with Crippen LogP contribution in [0.3, 0.4) is 0 Å². The third kappa shape index (κ3) is 3.70. The van der Waals surface area contributed by atoms with Crippen LogP contribution in [0.4, 0.5) is 0 Å². The highest BCUT2D eigenvalue weighted by Crippen LogP contribution is 2.26. The monoisotopic (exact) mass is 482 g/mol. The summed E-state index contributed by atoms with van der Waals surface area (Å²) in [6, 6.07) is 11.1. The molecule has 0 saturated heterocycles. The van der Waals surface area contributed by atoms with Gasteiger partial charge in [-0.25, -0.2) is 9.97 Å². The van der Waals surface area contributed by atoms with Crippen molar-refractivity contribution in [3.05, 3.63) is 47.5 Å². The van der Waals surface area contributed by atoms with Crippen molar-refractivity contribution in [2.75, 3.05) is 25.6 Å². The Kier molecular flexibility index (Phi) is 5.67. The van der Waals surface area contributed by atoms with E-state index < -0.39 is 10.8 Å². The molecule has 0 spiro atoms. The second kappa shape index (κ2) is 8.64. The summed E-state index contributed by atoms with van der Waals surface area (Å²) in [7, 11) is -1.15. The number of nitrogens with one attached hydrogen (secondary N) is 2. The van der Waals surface area contributed by atoms with E-state index in [1.54, 1.807) is 30.2 Å². The van der Waals surface area contributed by atoms with E-state index in [9.17, 15) is 13.8 Å². The van der Waals surface area contributed by atoms with E-state index in [2.05, 4.69) is 25.2 Å². The van der Waals surface area contributed by atoms with E-state index in [1.807, 2.05) is 35.1 Å². The molecule has 0 bridgehead atoms. The molecule has 0 fully saturated rings. The molecule has 2 aromatic heterocycles. The number of thioether (sulfide) groups is 1. The van der Waals surface area contributed by atoms with Gasteiger partial charge in [0.25, 0.3) is 11.8 Å². The highest BCUT2D eigenvalue weighted by molar-refractivity contribution is 7.98. The first kappa shape index (κ1) is 21.7. The highest BCUT2D eigenvalue weighted by atomic mass is 32.2. The van der Waals surface area contributed by atoms with E-state index in [4.69, 9.17) is 0 Å². The Balaban J connectivity index is 0.000000139. The fourth-order valence-electron chi connectivity index (χ4n) is 4.24. The molecule has 11 heteroatoms. The fourth-order valence-corrected chi connectivity index (χ4v) is 5.55. The van der Waals surface area contributed by atoms with E-state index in [0.717, 1.165) is 39.3 Å². The second-order valence-electron chi connectivity index (χ2n) is 7.61. The lowest BCUT2D eigenvalue weighted by Crippen LogP contribution is -2.24. The van der Waals surface area contributed by atoms with Gasteiger partial charge in [0.1, 0.15) is 0 Å². The smallest absolute Gasteiger partial charge is 0.253 e. The number of rotatable bonds is 2. The Hall–Kier alpha value is -3.18. The van der Waals surface area contributed by atoms with Crippen molar-refractivity contribution < 1.29 is 13.8 Å². The van der Waals surface area contributed by atoms with Gasteiger partial charge in [-0.2, -0.15) is 0 Å². The Morgan fingerprint density at radius 3 is 2.00 bits per heavy atom. The van der Waals surface area contributed by atoms with E-state index in [0.29, 0.717) is 30.4 Å². The third-order valence-corrected chi connectivity index (χ3v) is 7.14. The van der Waals surface area contributed by atoms with Gasteiger partial charge in [0, 0.05) is 32.4 Å². The van der Waals surface area contributed by atoms with Gasteiger partial charge in [0.05, 0.1) is 44.0 Å². The van der Waals surface area contributed by atoms with Crippen LogP contribution >= 0.6 is 11.8 Å². The maximum absolute atomic E-state index is 11.8. The van der Waals surface area contributed by atoms with Crippen molar-refractivity contribution in [3.63, 3.8) is 0 Å². The lowest BCUT2D eigenvalue weighted by Gasteiger charge is -2.03. The van der Waals surface area contributed by atoms with Crippen LogP contribution in [0.1, 0.15) is 20.7 Å². The average molecular weight is 483 g/mol. The summed E-state index contributed by atoms with van der Waals surface area (Å²) in [5.41, 5.74) is 4.70. The quantitative estimate of drug-likeness (QED) is 0.423. The SMILES string of the molecule is CS(=O)c1nc2cccc3c2n1CCNC3=O.CSc1nc2cccc3c2n1CCNC3=O. The third-order valence-electron chi connectivity index (χ3n) is 5.63. The van der Waals surface area contributed by atoms with Crippen molar-refractivity contribution in [1.29, 1.82) is 0 Å². The maximum atomic E-state index is 11.8. The summed E-state index contributed by atoms with van der Waals surface area (Å²) in [6.45, 7) is 2.58. The maximum Gasteiger partial charge on any atom is 0.253 e. The normalized spacial score (nSPS) is 15.8. The number of aromatic nitrogens is 4. The Bertz CT molecular complexity index is 1440. The van der Waals surface area contributed by atoms with Crippen molar-refractivity contribution >= 4 is 56.4 Å². The zero-order valence-electron chi connectivity index (χ0n) is 18.1. The van der Waals surface area contributed by atoms with Crippen LogP contribution in [0.15, 0.2) is 46.7 Å². The number of carbonyl (C=O) groups excluding carboxylic acids is 2. The predicted octanol–water partition coefficient (Wildman–Crippen LogP) is 2.02. The van der Waals surface area contributed by atoms with Crippen molar-refractivity contribution in [3.8, 4) is 0 Å². The van der Waals surface area contributed by atoms with E-state index in [1.165, 1.54) is 0 Å². The molecule has 1 unspecified atom stereocenters. The number of imidazole rings is 2. The first-order chi connectivity index (χ1) is 16.0. The zero-order valence-corrected chi connectivity index (χ0v) is 19.8. The number of benzene rings is 2. The van der Waals surface area contributed by atoms with E-state index in [-0.39, 0.29) is 11.8 Å². The van der Waals surface area contributed by atoms with Crippen LogP contribution in [-0.2, 0) is 23.9 Å². The van der Waals surface area contributed by atoms with Crippen LogP contribution in [-0.4, -0.2) is 60.7 Å². The minimum absolute atomic E-state index is 0.00287. The summed E-state index contributed by atoms with van der Waals surface area (Å²) in [6.07, 6.45) is 3.61. The van der Waals surface area contributed by atoms with Gasteiger partial charge in [-0.3, -0.25) is 13.8 Å². The summed E-state index contributed by atoms with van der Waals surface area (Å²) >= 11 is 1.61. The molecule has 0 aliphatic carbocycles. The molecule has 6 rings (SSSR count). The Labute approximate surface area is 196 Å². The minimum Gasteiger partial charge on any atom is -0.350 e. The van der Waals surface area contributed by atoms with Gasteiger partial charge in [-0.05, 0) is 30.5 Å². The molecule has 2 aliphatic heterocycles. The van der Waals surface area contributed by atoms with Crippen molar-refractivity contribution in [2.45, 2.75) is 23.4 Å². The van der Waals surface area contributed by atoms with Crippen LogP contribution < -0.4 is 10.6 Å². The molecule has 1 atom stereocenters. The molecule has 33 heavy (non-hydrogen) atoms. The van der Waals surface area contributed by atoms with E-state index >= 15 is 0 Å². The topological polar surface area (TPSA) is 111 Å². The molecule has 170 valence electrons. The molecule has 9 nitrogen and oxygen atoms in total. The number of hydrogen-bond acceptors (Lipinski definition) is 6. The summed E-state index contributed by atoms with van der Waals surface area (Å²) in [4.78, 5) is 32.5. The summed E-state index contributed by atoms with van der Waals surface area (Å²) < 4.78 is 15.6.